The summed E-state index contributed by atoms with van der Waals surface area (Å²) >= 11 is 0. The SMILES string of the molecule is CC[n+]1c(-c2ccccc2)c2cc(NC(=O)CCCCCCCCCCNC(=O)CCCCCCCCCCNC(=O)OCC(=O)[C@@]3(O)[C@H](C)CC4C5CCC6=CC(=O)C=CC6(C)[C@@]5(F)C(O)CC43C)ccc2c2ccc(N)cc21.[Br-]. The number of ether oxygens (including phenoxy) is 1. The predicted octanol–water partition coefficient (Wildman–Crippen LogP) is 9.27. The minimum Gasteiger partial charge on any atom is -1.00 e. The molecule has 1 aromatic heterocycles. The van der Waals surface area contributed by atoms with E-state index in [1.807, 2.05) is 24.3 Å². The van der Waals surface area contributed by atoms with Gasteiger partial charge in [0, 0.05) is 71.1 Å². The van der Waals surface area contributed by atoms with Crippen molar-refractivity contribution < 1.29 is 64.9 Å². The highest BCUT2D eigenvalue weighted by Crippen LogP contribution is 2.70. The molecular formula is C66H89BrFN5O8. The zero-order chi connectivity index (χ0) is 57.1. The first-order valence-corrected chi connectivity index (χ1v) is 30.2. The van der Waals surface area contributed by atoms with Crippen LogP contribution in [0.5, 0.6) is 0 Å². The number of aryl methyl sites for hydroxylation is 1. The number of nitrogens with zero attached hydrogens (tertiary/aromatic N) is 1. The van der Waals surface area contributed by atoms with E-state index < -0.39 is 64.4 Å². The summed E-state index contributed by atoms with van der Waals surface area (Å²) in [5, 5.41) is 36.1. The molecule has 81 heavy (non-hydrogen) atoms. The number of aliphatic hydroxyl groups excluding tert-OH is 1. The number of rotatable bonds is 28. The number of anilines is 2. The van der Waals surface area contributed by atoms with Gasteiger partial charge in [-0.15, -0.1) is 0 Å². The number of fused-ring (bicyclic) bond motifs is 8. The normalized spacial score (nSPS) is 25.5. The number of halogens is 2. The number of ketones is 2. The third-order valence-corrected chi connectivity index (χ3v) is 19.0. The number of pyridine rings is 1. The number of Topliss-reactive ketones (excluding diaryl/α,β-unsaturated/α-hetero) is 1. The van der Waals surface area contributed by atoms with E-state index in [1.165, 1.54) is 12.2 Å². The molecule has 0 saturated heterocycles. The third kappa shape index (κ3) is 13.6. The summed E-state index contributed by atoms with van der Waals surface area (Å²) in [6, 6.07) is 22.7. The number of nitrogens with two attached hydrogens (primary N) is 1. The Labute approximate surface area is 489 Å². The number of amides is 3. The molecule has 3 saturated carbocycles. The van der Waals surface area contributed by atoms with Crippen LogP contribution in [-0.2, 0) is 30.5 Å². The molecule has 1 heterocycles. The molecular weight excluding hydrogens is 1090 g/mol. The van der Waals surface area contributed by atoms with E-state index in [0.717, 1.165) is 160 Å². The van der Waals surface area contributed by atoms with Gasteiger partial charge in [0.15, 0.2) is 18.1 Å². The molecule has 0 bridgehead atoms. The Balaban J connectivity index is 0.00000946. The van der Waals surface area contributed by atoms with E-state index in [4.69, 9.17) is 10.5 Å². The van der Waals surface area contributed by atoms with Crippen LogP contribution < -0.4 is 43.2 Å². The van der Waals surface area contributed by atoms with Gasteiger partial charge >= 0.3 is 6.09 Å². The largest absolute Gasteiger partial charge is 1.00 e. The number of alkyl carbamates (subject to hydrolysis) is 1. The number of benzene rings is 3. The highest BCUT2D eigenvalue weighted by atomic mass is 79.9. The van der Waals surface area contributed by atoms with Crippen molar-refractivity contribution in [2.45, 2.75) is 193 Å². The fourth-order valence-corrected chi connectivity index (χ4v) is 14.7. The Kier molecular flexibility index (Phi) is 21.9. The number of alkyl halides is 1. The van der Waals surface area contributed by atoms with Crippen LogP contribution in [0.3, 0.4) is 0 Å². The summed E-state index contributed by atoms with van der Waals surface area (Å²) in [7, 11) is 0. The van der Waals surface area contributed by atoms with E-state index in [1.54, 1.807) is 26.8 Å². The van der Waals surface area contributed by atoms with Crippen molar-refractivity contribution in [2.75, 3.05) is 30.7 Å². The van der Waals surface area contributed by atoms with Crippen LogP contribution in [0.4, 0.5) is 20.6 Å². The predicted molar refractivity (Wildman–Crippen MR) is 314 cm³/mol. The number of nitrogen functional groups attached to an aromatic ring is 1. The lowest BCUT2D eigenvalue weighted by atomic mass is 9.44. The maximum atomic E-state index is 17.5. The molecule has 8 atom stereocenters. The molecule has 15 heteroatoms. The Morgan fingerprint density at radius 1 is 0.765 bits per heavy atom. The molecule has 8 rings (SSSR count). The number of hydrogen-bond acceptors (Lipinski definition) is 9. The third-order valence-electron chi connectivity index (χ3n) is 19.0. The van der Waals surface area contributed by atoms with Crippen LogP contribution in [0, 0.1) is 28.6 Å². The van der Waals surface area contributed by atoms with Crippen molar-refractivity contribution in [1.29, 1.82) is 0 Å². The zero-order valence-electron chi connectivity index (χ0n) is 48.4. The Morgan fingerprint density at radius 2 is 1.37 bits per heavy atom. The summed E-state index contributed by atoms with van der Waals surface area (Å²) in [4.78, 5) is 64.0. The number of aromatic nitrogens is 1. The molecule has 4 aromatic rings. The van der Waals surface area contributed by atoms with Crippen molar-refractivity contribution in [3.8, 4) is 11.3 Å². The monoisotopic (exact) mass is 1180 g/mol. The number of carbonyl (C=O) groups excluding carboxylic acids is 5. The topological polar surface area (TPSA) is 201 Å². The summed E-state index contributed by atoms with van der Waals surface area (Å²) in [6.45, 7) is 8.70. The summed E-state index contributed by atoms with van der Waals surface area (Å²) in [6.07, 6.45) is 20.8. The molecule has 440 valence electrons. The molecule has 13 nitrogen and oxygen atoms in total. The van der Waals surface area contributed by atoms with Gasteiger partial charge in [-0.1, -0.05) is 127 Å². The van der Waals surface area contributed by atoms with Crippen molar-refractivity contribution in [3.05, 3.63) is 90.5 Å². The van der Waals surface area contributed by atoms with Gasteiger partial charge in [-0.3, -0.25) is 19.2 Å². The first-order valence-electron chi connectivity index (χ1n) is 30.2. The van der Waals surface area contributed by atoms with Crippen LogP contribution in [0.15, 0.2) is 90.5 Å². The Bertz CT molecular complexity index is 2940. The Morgan fingerprint density at radius 3 is 2.02 bits per heavy atom. The lowest BCUT2D eigenvalue weighted by Gasteiger charge is -2.62. The standard InChI is InChI=1S/C66H88FN5O8.BrH/c1-5-72-56-41-48(68)30-32-52(56)51-33-31-49(42-53(51)61(72)46-25-19-18-20-26-46)71-60(77)28-22-15-11-7-8-12-16-23-37-69-59(76)27-21-14-10-6-9-13-17-24-38-70-62(78)80-44-58(75)66(79)45(2)39-55-54-34-29-47-40-50(73)35-36-63(47,3)65(54,67)57(74)43-64(55,66)4;/h18-20,25-26,30-33,35-36,40-42,45,54-55,57,68,74,79H,5-17,21-24,27-29,34,37-39,43-44H2,1-4H3,(H3,69,70,71,76,77,78);1H/t45-,54?,55?,57?,63?,64?,65+,66+;/m1./s1. The van der Waals surface area contributed by atoms with Gasteiger partial charge in [-0.05, 0) is 126 Å². The second-order valence-electron chi connectivity index (χ2n) is 24.1. The van der Waals surface area contributed by atoms with Gasteiger partial charge < -0.3 is 53.6 Å². The summed E-state index contributed by atoms with van der Waals surface area (Å²) in [5.41, 5.74) is 5.48. The van der Waals surface area contributed by atoms with Crippen LogP contribution in [0.1, 0.15) is 169 Å². The number of carbonyl (C=O) groups is 5. The first-order chi connectivity index (χ1) is 38.5. The Hall–Kier alpha value is -5.51. The van der Waals surface area contributed by atoms with Crippen molar-refractivity contribution in [1.82, 2.24) is 10.6 Å². The minimum absolute atomic E-state index is 0. The summed E-state index contributed by atoms with van der Waals surface area (Å²) in [5.74, 6) is -2.24. The van der Waals surface area contributed by atoms with Gasteiger partial charge in [0.05, 0.1) is 16.9 Å². The number of hydrogen-bond donors (Lipinski definition) is 6. The zero-order valence-corrected chi connectivity index (χ0v) is 50.0. The second-order valence-corrected chi connectivity index (χ2v) is 24.1. The molecule has 4 aliphatic carbocycles. The lowest BCUT2D eigenvalue weighted by molar-refractivity contribution is -0.655. The molecule has 3 aromatic carbocycles. The number of nitrogens with one attached hydrogen (secondary N) is 3. The first kappa shape index (κ1) is 63.1. The fourth-order valence-electron chi connectivity index (χ4n) is 14.7. The van der Waals surface area contributed by atoms with Crippen molar-refractivity contribution in [2.24, 2.45) is 28.6 Å². The summed E-state index contributed by atoms with van der Waals surface area (Å²) < 4.78 is 25.1. The van der Waals surface area contributed by atoms with Crippen LogP contribution in [-0.4, -0.2) is 76.8 Å². The number of allylic oxidation sites excluding steroid dienone is 4. The van der Waals surface area contributed by atoms with Gasteiger partial charge in [-0.25, -0.2) is 9.18 Å². The molecule has 7 N–H and O–H groups in total. The molecule has 5 unspecified atom stereocenters. The molecule has 3 fully saturated rings. The molecule has 0 radical (unpaired) electrons. The van der Waals surface area contributed by atoms with Gasteiger partial charge in [0.25, 0.3) is 0 Å². The van der Waals surface area contributed by atoms with Crippen molar-refractivity contribution >= 4 is 62.5 Å². The van der Waals surface area contributed by atoms with Crippen LogP contribution in [0.25, 0.3) is 32.9 Å². The average molecular weight is 1180 g/mol. The molecule has 4 aliphatic rings. The molecule has 3 amide bonds. The van der Waals surface area contributed by atoms with Crippen LogP contribution >= 0.6 is 0 Å². The van der Waals surface area contributed by atoms with Gasteiger partial charge in [0.1, 0.15) is 12.1 Å². The van der Waals surface area contributed by atoms with Crippen LogP contribution in [0.2, 0.25) is 0 Å². The fraction of sp³-hybridized carbons (Fsp3) is 0.576. The lowest BCUT2D eigenvalue weighted by Crippen LogP contribution is -3.00. The number of unbranched alkanes of at least 4 members (excludes halogenated alkanes) is 14. The highest BCUT2D eigenvalue weighted by Gasteiger charge is 2.75. The maximum absolute atomic E-state index is 17.5. The second kappa shape index (κ2) is 28.2. The maximum Gasteiger partial charge on any atom is 0.407 e. The minimum atomic E-state index is -2.06. The quantitative estimate of drug-likeness (QED) is 0.0139. The van der Waals surface area contributed by atoms with Crippen molar-refractivity contribution in [3.63, 3.8) is 0 Å². The van der Waals surface area contributed by atoms with E-state index in [-0.39, 0.29) is 41.0 Å². The van der Waals surface area contributed by atoms with Gasteiger partial charge in [0.2, 0.25) is 28.8 Å². The number of aliphatic hydroxyl groups is 2. The van der Waals surface area contributed by atoms with E-state index >= 15 is 4.39 Å². The highest BCUT2D eigenvalue weighted by molar-refractivity contribution is 6.11. The average Bonchev–Trinajstić information content (AvgIpc) is 3.15. The molecule has 0 aliphatic heterocycles. The van der Waals surface area contributed by atoms with E-state index in [9.17, 15) is 34.2 Å². The smallest absolute Gasteiger partial charge is 0.407 e. The molecule has 0 spiro atoms. The van der Waals surface area contributed by atoms with E-state index in [0.29, 0.717) is 44.2 Å². The van der Waals surface area contributed by atoms with E-state index in [2.05, 4.69) is 69.9 Å². The van der Waals surface area contributed by atoms with Gasteiger partial charge in [-0.2, -0.15) is 4.57 Å².